The van der Waals surface area contributed by atoms with Crippen LogP contribution in [0.4, 0.5) is 0 Å². The molecule has 196 valence electrons. The number of fused-ring (bicyclic) bond motifs is 1. The van der Waals surface area contributed by atoms with E-state index < -0.39 is 15.4 Å². The highest BCUT2D eigenvalue weighted by molar-refractivity contribution is 7.90. The van der Waals surface area contributed by atoms with Crippen molar-refractivity contribution < 1.29 is 8.42 Å². The molecule has 0 fully saturated rings. The van der Waals surface area contributed by atoms with E-state index in [0.29, 0.717) is 0 Å². The molecule has 2 aromatic heterocycles. The summed E-state index contributed by atoms with van der Waals surface area (Å²) in [4.78, 5) is 9.64. The smallest absolute Gasteiger partial charge is 0.175 e. The highest BCUT2D eigenvalue weighted by Crippen LogP contribution is 2.34. The highest BCUT2D eigenvalue weighted by atomic mass is 32.2. The number of nitrogens with two attached hydrogens (primary N) is 1. The predicted octanol–water partition coefficient (Wildman–Crippen LogP) is 6.79. The van der Waals surface area contributed by atoms with Gasteiger partial charge in [-0.05, 0) is 97.1 Å². The van der Waals surface area contributed by atoms with Crippen LogP contribution >= 0.6 is 0 Å². The number of hydrogen-bond acceptors (Lipinski definition) is 5. The van der Waals surface area contributed by atoms with Crippen molar-refractivity contribution in [3.63, 3.8) is 0 Å². The van der Waals surface area contributed by atoms with Crippen molar-refractivity contribution in [2.24, 2.45) is 5.73 Å². The van der Waals surface area contributed by atoms with Gasteiger partial charge in [-0.25, -0.2) is 8.42 Å². The largest absolute Gasteiger partial charge is 0.322 e. The lowest BCUT2D eigenvalue weighted by atomic mass is 9.89. The van der Waals surface area contributed by atoms with E-state index in [1.807, 2.05) is 69.6 Å². The number of aromatic nitrogens is 2. The number of nitrogens with zero attached hydrogens (tertiary/aromatic N) is 2. The fraction of sp³-hybridized carbons (Fsp3) is 0.152. The van der Waals surface area contributed by atoms with Gasteiger partial charge in [-0.15, -0.1) is 0 Å². The number of sulfone groups is 1. The van der Waals surface area contributed by atoms with Crippen molar-refractivity contribution in [2.75, 3.05) is 6.26 Å². The van der Waals surface area contributed by atoms with Crippen molar-refractivity contribution in [1.82, 2.24) is 9.97 Å². The maximum atomic E-state index is 12.0. The Morgan fingerprint density at radius 3 is 2.33 bits per heavy atom. The van der Waals surface area contributed by atoms with Crippen LogP contribution in [0.1, 0.15) is 41.8 Å². The average molecular weight is 534 g/mol. The first-order chi connectivity index (χ1) is 18.5. The van der Waals surface area contributed by atoms with Crippen molar-refractivity contribution in [3.05, 3.63) is 125 Å². The molecule has 0 radical (unpaired) electrons. The maximum absolute atomic E-state index is 12.0. The molecule has 0 aliphatic rings. The van der Waals surface area contributed by atoms with Crippen molar-refractivity contribution in [3.8, 4) is 11.1 Å². The van der Waals surface area contributed by atoms with Crippen LogP contribution in [-0.4, -0.2) is 24.6 Å². The molecule has 2 heterocycles. The predicted molar refractivity (Wildman–Crippen MR) is 160 cm³/mol. The fourth-order valence-corrected chi connectivity index (χ4v) is 5.19. The molecular weight excluding hydrogens is 502 g/mol. The maximum Gasteiger partial charge on any atom is 0.175 e. The summed E-state index contributed by atoms with van der Waals surface area (Å²) in [6.07, 6.45) is 6.95. The molecule has 5 aromatic rings. The van der Waals surface area contributed by atoms with E-state index in [2.05, 4.69) is 52.4 Å². The van der Waals surface area contributed by atoms with Crippen LogP contribution in [0.2, 0.25) is 0 Å². The molecule has 0 spiro atoms. The third kappa shape index (κ3) is 5.82. The summed E-state index contributed by atoms with van der Waals surface area (Å²) in [5, 5.41) is 1.04. The summed E-state index contributed by atoms with van der Waals surface area (Å²) in [7, 11) is -3.29. The Kier molecular flexibility index (Phi) is 6.93. The lowest BCUT2D eigenvalue weighted by Gasteiger charge is -2.21. The molecule has 0 bridgehead atoms. The molecule has 0 aliphatic heterocycles. The van der Waals surface area contributed by atoms with Crippen molar-refractivity contribution >= 4 is 32.4 Å². The first-order valence-corrected chi connectivity index (χ1v) is 14.6. The van der Waals surface area contributed by atoms with E-state index in [-0.39, 0.29) is 4.90 Å². The van der Waals surface area contributed by atoms with Crippen LogP contribution in [0.25, 0.3) is 33.7 Å². The minimum atomic E-state index is -3.29. The molecule has 5 nitrogen and oxygen atoms in total. The third-order valence-electron chi connectivity index (χ3n) is 6.74. The van der Waals surface area contributed by atoms with Gasteiger partial charge in [0.15, 0.2) is 9.84 Å². The lowest BCUT2D eigenvalue weighted by molar-refractivity contribution is 0.555. The van der Waals surface area contributed by atoms with Crippen molar-refractivity contribution in [2.45, 2.75) is 31.2 Å². The van der Waals surface area contributed by atoms with Crippen molar-refractivity contribution in [1.29, 1.82) is 0 Å². The van der Waals surface area contributed by atoms with Gasteiger partial charge in [0, 0.05) is 40.7 Å². The minimum absolute atomic E-state index is 0.284. The Bertz CT molecular complexity index is 1800. The second kappa shape index (κ2) is 10.2. The summed E-state index contributed by atoms with van der Waals surface area (Å²) in [5.41, 5.74) is 14.6. The third-order valence-corrected chi connectivity index (χ3v) is 7.87. The fourth-order valence-electron chi connectivity index (χ4n) is 4.56. The quantitative estimate of drug-likeness (QED) is 0.243. The second-order valence-corrected chi connectivity index (χ2v) is 12.5. The van der Waals surface area contributed by atoms with Crippen LogP contribution in [0.3, 0.4) is 0 Å². The van der Waals surface area contributed by atoms with Gasteiger partial charge in [0.25, 0.3) is 0 Å². The normalized spacial score (nSPS) is 12.6. The van der Waals surface area contributed by atoms with E-state index in [4.69, 9.17) is 5.73 Å². The molecule has 0 aliphatic carbocycles. The molecule has 2 N–H and O–H groups in total. The molecule has 6 heteroatoms. The number of aryl methyl sites for hydroxylation is 1. The monoisotopic (exact) mass is 533 g/mol. The summed E-state index contributed by atoms with van der Waals surface area (Å²) >= 11 is 0. The van der Waals surface area contributed by atoms with Gasteiger partial charge in [0.05, 0.1) is 16.1 Å². The lowest BCUT2D eigenvalue weighted by Crippen LogP contribution is -2.28. The topological polar surface area (TPSA) is 85.9 Å². The summed E-state index contributed by atoms with van der Waals surface area (Å²) in [6.45, 7) is 6.01. The summed E-state index contributed by atoms with van der Waals surface area (Å²) in [5.74, 6) is 0. The van der Waals surface area contributed by atoms with Crippen LogP contribution in [0, 0.1) is 6.92 Å². The highest BCUT2D eigenvalue weighted by Gasteiger charge is 2.18. The molecule has 0 atom stereocenters. The van der Waals surface area contributed by atoms with Gasteiger partial charge in [-0.3, -0.25) is 9.97 Å². The minimum Gasteiger partial charge on any atom is -0.322 e. The summed E-state index contributed by atoms with van der Waals surface area (Å²) < 4.78 is 24.0. The zero-order chi connectivity index (χ0) is 27.8. The number of benzene rings is 3. The Balaban J connectivity index is 1.67. The Morgan fingerprint density at radius 1 is 0.897 bits per heavy atom. The van der Waals surface area contributed by atoms with Gasteiger partial charge in [-0.1, -0.05) is 42.5 Å². The second-order valence-electron chi connectivity index (χ2n) is 10.5. The van der Waals surface area contributed by atoms with E-state index >= 15 is 0 Å². The molecule has 0 unspecified atom stereocenters. The Hall–Kier alpha value is -4.13. The standard InChI is InChI=1S/C33H31N3O2S/c1-22-10-15-31(36-21-22)29(24-11-13-28(14-12-24)39(4,37)38)18-23-7-5-8-25(17-23)30-20-27(33(2,3)34)19-26-9-6-16-35-32(26)30/h5-21H,34H2,1-4H3/b29-18+. The molecule has 3 aromatic carbocycles. The molecule has 5 rings (SSSR count). The number of rotatable bonds is 6. The molecule has 39 heavy (non-hydrogen) atoms. The van der Waals surface area contributed by atoms with Gasteiger partial charge >= 0.3 is 0 Å². The zero-order valence-electron chi connectivity index (χ0n) is 22.5. The van der Waals surface area contributed by atoms with Gasteiger partial charge in [-0.2, -0.15) is 0 Å². The van der Waals surface area contributed by atoms with E-state index in [9.17, 15) is 8.42 Å². The number of hydrogen-bond donors (Lipinski definition) is 1. The Labute approximate surface area is 230 Å². The average Bonchev–Trinajstić information content (AvgIpc) is 2.91. The Morgan fingerprint density at radius 2 is 1.67 bits per heavy atom. The van der Waals surface area contributed by atoms with Gasteiger partial charge < -0.3 is 5.73 Å². The molecule has 0 saturated heterocycles. The van der Waals surface area contributed by atoms with E-state index in [1.165, 1.54) is 6.26 Å². The van der Waals surface area contributed by atoms with Crippen LogP contribution in [0.15, 0.2) is 102 Å². The molecule has 0 amide bonds. The van der Waals surface area contributed by atoms with E-state index in [1.54, 1.807) is 12.1 Å². The van der Waals surface area contributed by atoms with Gasteiger partial charge in [0.1, 0.15) is 0 Å². The first-order valence-electron chi connectivity index (χ1n) is 12.7. The van der Waals surface area contributed by atoms with Crippen LogP contribution < -0.4 is 5.73 Å². The van der Waals surface area contributed by atoms with Crippen LogP contribution in [0.5, 0.6) is 0 Å². The van der Waals surface area contributed by atoms with Gasteiger partial charge in [0.2, 0.25) is 0 Å². The SMILES string of the molecule is Cc1ccc(/C(=C/c2cccc(-c3cc(C(C)(C)N)cc4cccnc34)c2)c2ccc(S(C)(=O)=O)cc2)nc1. The van der Waals surface area contributed by atoms with Crippen LogP contribution in [-0.2, 0) is 15.4 Å². The molecular formula is C33H31N3O2S. The number of pyridine rings is 2. The zero-order valence-corrected chi connectivity index (χ0v) is 23.3. The first kappa shape index (κ1) is 26.5. The summed E-state index contributed by atoms with van der Waals surface area (Å²) in [6, 6.07) is 27.5. The van der Waals surface area contributed by atoms with E-state index in [0.717, 1.165) is 55.6 Å². The molecule has 0 saturated carbocycles.